The molecular weight excluding hydrogens is 252 g/mol. The van der Waals surface area contributed by atoms with Crippen LogP contribution in [0.1, 0.15) is 18.9 Å². The minimum absolute atomic E-state index is 0.331. The number of allylic oxidation sites excluding steroid dienone is 1. The molecule has 0 aliphatic heterocycles. The number of carbonyl (C=O) groups excluding carboxylic acids is 1. The molecule has 0 aliphatic rings. The number of methoxy groups -OCH3 is 1. The summed E-state index contributed by atoms with van der Waals surface area (Å²) in [5.74, 6) is -0.450. The number of esters is 1. The van der Waals surface area contributed by atoms with Gasteiger partial charge in [0.25, 0.3) is 0 Å². The molecule has 4 nitrogen and oxygen atoms in total. The van der Waals surface area contributed by atoms with Crippen LogP contribution >= 0.6 is 11.6 Å². The Morgan fingerprint density at radius 2 is 2.17 bits per heavy atom. The van der Waals surface area contributed by atoms with E-state index < -0.39 is 11.5 Å². The Balaban J connectivity index is 2.91. The van der Waals surface area contributed by atoms with Gasteiger partial charge in [-0.1, -0.05) is 17.7 Å². The Kier molecular flexibility index (Phi) is 5.31. The summed E-state index contributed by atoms with van der Waals surface area (Å²) >= 11 is 5.78. The monoisotopic (exact) mass is 268 g/mol. The minimum atomic E-state index is -1.10. The lowest BCUT2D eigenvalue weighted by atomic mass is 9.88. The van der Waals surface area contributed by atoms with Crippen LogP contribution in [0.3, 0.4) is 0 Å². The number of nitrogens with two attached hydrogens (primary N) is 1. The first-order valence-corrected chi connectivity index (χ1v) is 5.94. The van der Waals surface area contributed by atoms with Crippen molar-refractivity contribution in [3.05, 3.63) is 41.2 Å². The Hall–Kier alpha value is -1.39. The molecule has 1 aromatic rings. The lowest BCUT2D eigenvalue weighted by molar-refractivity contribution is -0.146. The van der Waals surface area contributed by atoms with E-state index in [1.165, 1.54) is 7.11 Å². The molecule has 5 heteroatoms. The first-order valence-electron chi connectivity index (χ1n) is 5.56. The third-order valence-electron chi connectivity index (χ3n) is 2.61. The smallest absolute Gasteiger partial charge is 0.326 e. The Labute approximate surface area is 112 Å². The fourth-order valence-corrected chi connectivity index (χ4v) is 1.70. The zero-order chi connectivity index (χ0) is 13.6. The van der Waals surface area contributed by atoms with Crippen molar-refractivity contribution in [1.29, 1.82) is 0 Å². The van der Waals surface area contributed by atoms with Crippen molar-refractivity contribution in [1.82, 2.24) is 4.98 Å². The Morgan fingerprint density at radius 3 is 2.67 bits per heavy atom. The Bertz CT molecular complexity index is 430. The number of hydrogen-bond acceptors (Lipinski definition) is 4. The lowest BCUT2D eigenvalue weighted by Crippen LogP contribution is -2.50. The van der Waals surface area contributed by atoms with Crippen LogP contribution < -0.4 is 5.73 Å². The molecule has 0 spiro atoms. The van der Waals surface area contributed by atoms with Crippen LogP contribution in [-0.2, 0) is 16.0 Å². The topological polar surface area (TPSA) is 65.2 Å². The predicted octanol–water partition coefficient (Wildman–Crippen LogP) is 2.03. The van der Waals surface area contributed by atoms with Crippen molar-refractivity contribution in [2.45, 2.75) is 25.3 Å². The van der Waals surface area contributed by atoms with Gasteiger partial charge in [0.05, 0.1) is 7.11 Å². The van der Waals surface area contributed by atoms with E-state index in [2.05, 4.69) is 4.98 Å². The highest BCUT2D eigenvalue weighted by Crippen LogP contribution is 2.18. The molecule has 98 valence electrons. The second-order valence-electron chi connectivity index (χ2n) is 4.17. The second kappa shape index (κ2) is 6.52. The van der Waals surface area contributed by atoms with Crippen molar-refractivity contribution in [3.8, 4) is 0 Å². The highest BCUT2D eigenvalue weighted by Gasteiger charge is 2.34. The van der Waals surface area contributed by atoms with Crippen molar-refractivity contribution in [3.63, 3.8) is 0 Å². The molecule has 1 heterocycles. The van der Waals surface area contributed by atoms with E-state index in [4.69, 9.17) is 22.1 Å². The van der Waals surface area contributed by atoms with Gasteiger partial charge in [-0.25, -0.2) is 0 Å². The van der Waals surface area contributed by atoms with E-state index in [9.17, 15) is 4.79 Å². The molecule has 0 aliphatic carbocycles. The van der Waals surface area contributed by atoms with Gasteiger partial charge in [-0.15, -0.1) is 0 Å². The third-order valence-corrected chi connectivity index (χ3v) is 2.76. The fraction of sp³-hybridized carbons (Fsp3) is 0.385. The highest BCUT2D eigenvalue weighted by molar-refractivity contribution is 6.29. The fourth-order valence-electron chi connectivity index (χ4n) is 1.62. The number of hydrogen-bond donors (Lipinski definition) is 1. The molecule has 1 aromatic heterocycles. The number of nitrogens with zero attached hydrogens (tertiary/aromatic N) is 1. The van der Waals surface area contributed by atoms with Gasteiger partial charge in [0.15, 0.2) is 0 Å². The SMILES string of the molecule is COC(=O)C(N)(CC=C(C)Cl)Cc1ccncc1. The van der Waals surface area contributed by atoms with Gasteiger partial charge in [0.2, 0.25) is 0 Å². The standard InChI is InChI=1S/C13H17ClN2O2/c1-10(14)3-6-13(15,12(17)18-2)9-11-4-7-16-8-5-11/h3-5,7-8H,6,9,15H2,1-2H3. The van der Waals surface area contributed by atoms with Gasteiger partial charge in [0.1, 0.15) is 5.54 Å². The summed E-state index contributed by atoms with van der Waals surface area (Å²) < 4.78 is 4.77. The summed E-state index contributed by atoms with van der Waals surface area (Å²) in [6, 6.07) is 3.64. The molecule has 0 fully saturated rings. The van der Waals surface area contributed by atoms with Gasteiger partial charge >= 0.3 is 5.97 Å². The third kappa shape index (κ3) is 4.13. The predicted molar refractivity (Wildman–Crippen MR) is 71.1 cm³/mol. The largest absolute Gasteiger partial charge is 0.468 e. The molecule has 1 unspecified atom stereocenters. The van der Waals surface area contributed by atoms with E-state index >= 15 is 0 Å². The van der Waals surface area contributed by atoms with Gasteiger partial charge in [-0.3, -0.25) is 9.78 Å². The maximum atomic E-state index is 11.8. The van der Waals surface area contributed by atoms with Gasteiger partial charge in [-0.05, 0) is 31.0 Å². The average molecular weight is 269 g/mol. The summed E-state index contributed by atoms with van der Waals surface area (Å²) in [5.41, 5.74) is 5.96. The zero-order valence-corrected chi connectivity index (χ0v) is 11.3. The van der Waals surface area contributed by atoms with Crippen LogP contribution in [0.25, 0.3) is 0 Å². The molecule has 0 saturated carbocycles. The molecule has 0 aromatic carbocycles. The first-order chi connectivity index (χ1) is 8.48. The molecular formula is C13H17ClN2O2. The maximum Gasteiger partial charge on any atom is 0.326 e. The van der Waals surface area contributed by atoms with Crippen LogP contribution in [-0.4, -0.2) is 23.6 Å². The normalized spacial score (nSPS) is 15.0. The summed E-state index contributed by atoms with van der Waals surface area (Å²) in [6.45, 7) is 1.74. The van der Waals surface area contributed by atoms with Crippen LogP contribution in [0, 0.1) is 0 Å². The minimum Gasteiger partial charge on any atom is -0.468 e. The highest BCUT2D eigenvalue weighted by atomic mass is 35.5. The lowest BCUT2D eigenvalue weighted by Gasteiger charge is -2.25. The van der Waals surface area contributed by atoms with Gasteiger partial charge in [0, 0.05) is 23.8 Å². The zero-order valence-electron chi connectivity index (χ0n) is 10.5. The summed E-state index contributed by atoms with van der Waals surface area (Å²) in [5, 5.41) is 0.600. The molecule has 0 amide bonds. The summed E-state index contributed by atoms with van der Waals surface area (Å²) in [4.78, 5) is 15.7. The van der Waals surface area contributed by atoms with Crippen molar-refractivity contribution < 1.29 is 9.53 Å². The average Bonchev–Trinajstić information content (AvgIpc) is 2.36. The molecule has 1 rings (SSSR count). The molecule has 0 bridgehead atoms. The Morgan fingerprint density at radius 1 is 1.56 bits per heavy atom. The maximum absolute atomic E-state index is 11.8. The van der Waals surface area contributed by atoms with E-state index in [1.54, 1.807) is 25.4 Å². The van der Waals surface area contributed by atoms with Gasteiger partial charge < -0.3 is 10.5 Å². The van der Waals surface area contributed by atoms with E-state index in [-0.39, 0.29) is 0 Å². The van der Waals surface area contributed by atoms with Crippen LogP contribution in [0.4, 0.5) is 0 Å². The number of rotatable bonds is 5. The van der Waals surface area contributed by atoms with Crippen LogP contribution in [0.5, 0.6) is 0 Å². The van der Waals surface area contributed by atoms with Crippen LogP contribution in [0.2, 0.25) is 0 Å². The van der Waals surface area contributed by atoms with Crippen molar-refractivity contribution in [2.75, 3.05) is 7.11 Å². The van der Waals surface area contributed by atoms with Crippen LogP contribution in [0.15, 0.2) is 35.6 Å². The number of aromatic nitrogens is 1. The second-order valence-corrected chi connectivity index (χ2v) is 4.77. The van der Waals surface area contributed by atoms with Crippen molar-refractivity contribution >= 4 is 17.6 Å². The number of ether oxygens (including phenoxy) is 1. The van der Waals surface area contributed by atoms with E-state index in [1.807, 2.05) is 12.1 Å². The molecule has 1 atom stereocenters. The number of halogens is 1. The molecule has 0 saturated heterocycles. The quantitative estimate of drug-likeness (QED) is 0.830. The van der Waals surface area contributed by atoms with E-state index in [0.29, 0.717) is 17.9 Å². The molecule has 0 radical (unpaired) electrons. The number of carbonyl (C=O) groups is 1. The molecule has 2 N–H and O–H groups in total. The van der Waals surface area contributed by atoms with Crippen molar-refractivity contribution in [2.24, 2.45) is 5.73 Å². The molecule has 18 heavy (non-hydrogen) atoms. The first kappa shape index (κ1) is 14.7. The number of pyridine rings is 1. The van der Waals surface area contributed by atoms with Gasteiger partial charge in [-0.2, -0.15) is 0 Å². The van der Waals surface area contributed by atoms with E-state index in [0.717, 1.165) is 5.56 Å². The summed E-state index contributed by atoms with van der Waals surface area (Å²) in [7, 11) is 1.33. The summed E-state index contributed by atoms with van der Waals surface area (Å²) in [6.07, 6.45) is 5.76.